The van der Waals surface area contributed by atoms with Gasteiger partial charge in [-0.1, -0.05) is 121 Å². The summed E-state index contributed by atoms with van der Waals surface area (Å²) in [5, 5.41) is 42.5. The third-order valence-electron chi connectivity index (χ3n) is 8.74. The van der Waals surface area contributed by atoms with Crippen molar-refractivity contribution in [1.29, 1.82) is 0 Å². The number of thioether (sulfide) groups is 2. The molecule has 2 unspecified atom stereocenters. The number of rotatable bonds is 12. The van der Waals surface area contributed by atoms with E-state index in [0.29, 0.717) is 12.8 Å². The molecular formula is C39H38N2O5S2. The summed E-state index contributed by atoms with van der Waals surface area (Å²) in [6.45, 7) is 0. The number of carbonyl (C=O) groups excluding carboxylic acids is 2. The molecule has 7 nitrogen and oxygen atoms in total. The van der Waals surface area contributed by atoms with E-state index in [1.807, 2.05) is 109 Å². The van der Waals surface area contributed by atoms with Crippen LogP contribution in [-0.4, -0.2) is 33.2 Å². The molecule has 2 amide bonds. The van der Waals surface area contributed by atoms with Gasteiger partial charge in [0.1, 0.15) is 23.6 Å². The molecule has 0 spiro atoms. The highest BCUT2D eigenvalue weighted by Crippen LogP contribution is 2.39. The first kappa shape index (κ1) is 33.5. The van der Waals surface area contributed by atoms with Crippen LogP contribution in [0.2, 0.25) is 0 Å². The van der Waals surface area contributed by atoms with Crippen LogP contribution in [-0.2, 0) is 22.4 Å². The molecule has 2 aliphatic rings. The lowest BCUT2D eigenvalue weighted by molar-refractivity contribution is -0.127. The predicted octanol–water partition coefficient (Wildman–Crippen LogP) is 7.57. The number of nitrogens with one attached hydrogen (secondary N) is 2. The molecule has 2 aliphatic heterocycles. The molecule has 6 rings (SSSR count). The van der Waals surface area contributed by atoms with Crippen LogP contribution in [0.5, 0.6) is 0 Å². The molecule has 4 atom stereocenters. The second kappa shape index (κ2) is 15.6. The van der Waals surface area contributed by atoms with Gasteiger partial charge in [0.15, 0.2) is 0 Å². The molecular weight excluding hydrogens is 641 g/mol. The summed E-state index contributed by atoms with van der Waals surface area (Å²) in [5.74, 6) is -1.73. The maximum absolute atomic E-state index is 14.0. The maximum Gasteiger partial charge on any atom is 0.224 e. The van der Waals surface area contributed by atoms with Gasteiger partial charge in [0.25, 0.3) is 0 Å². The summed E-state index contributed by atoms with van der Waals surface area (Å²) in [6, 6.07) is 33.1. The predicted molar refractivity (Wildman–Crippen MR) is 190 cm³/mol. The molecule has 0 aromatic heterocycles. The number of fused-ring (bicyclic) bond motifs is 2. The van der Waals surface area contributed by atoms with E-state index in [1.54, 1.807) is 10.8 Å². The van der Waals surface area contributed by atoms with Gasteiger partial charge in [-0.05, 0) is 60.1 Å². The van der Waals surface area contributed by atoms with Gasteiger partial charge in [-0.15, -0.1) is 0 Å². The second-order valence-electron chi connectivity index (χ2n) is 12.2. The van der Waals surface area contributed by atoms with Gasteiger partial charge in [0, 0.05) is 32.4 Å². The second-order valence-corrected chi connectivity index (χ2v) is 14.0. The van der Waals surface area contributed by atoms with Crippen molar-refractivity contribution in [3.63, 3.8) is 0 Å². The summed E-state index contributed by atoms with van der Waals surface area (Å²) in [4.78, 5) is 29.8. The first-order chi connectivity index (χ1) is 23.4. The minimum absolute atomic E-state index is 0.0608. The number of aliphatic hydroxyl groups excluding tert-OH is 3. The van der Waals surface area contributed by atoms with E-state index in [0.717, 1.165) is 32.0 Å². The van der Waals surface area contributed by atoms with Crippen molar-refractivity contribution < 1.29 is 24.9 Å². The molecule has 48 heavy (non-hydrogen) atoms. The molecule has 4 aromatic carbocycles. The van der Waals surface area contributed by atoms with Crippen molar-refractivity contribution in [3.8, 4) is 0 Å². The lowest BCUT2D eigenvalue weighted by Crippen LogP contribution is -2.40. The standard InChI is InChI=1S/C39H38N2O5S2/c42-29(21-27(19-25-11-3-1-4-12-25)38(45)40-36-30-15-7-9-17-34(30)47-23-32(36)43)22-28(20-26-13-5-2-6-14-26)39(46)41-37-31-16-8-10-18-35(31)48-24-33(37)44/h1-18,23-24,27-29,36-37,42-44H,19-22H2,(H,40,45)(H,41,46)/t27-,28-,29?,36?,37?/m1/s1. The molecule has 0 aliphatic carbocycles. The zero-order valence-corrected chi connectivity index (χ0v) is 27.9. The van der Waals surface area contributed by atoms with Gasteiger partial charge < -0.3 is 26.0 Å². The first-order valence-corrected chi connectivity index (χ1v) is 17.8. The molecule has 0 saturated carbocycles. The van der Waals surface area contributed by atoms with E-state index in [9.17, 15) is 24.9 Å². The van der Waals surface area contributed by atoms with E-state index in [-0.39, 0.29) is 36.2 Å². The van der Waals surface area contributed by atoms with Crippen LogP contribution in [0.3, 0.4) is 0 Å². The Hall–Kier alpha value is -4.44. The fraction of sp³-hybridized carbons (Fsp3) is 0.231. The van der Waals surface area contributed by atoms with Crippen molar-refractivity contribution in [2.75, 3.05) is 0 Å². The Bertz CT molecular complexity index is 1670. The largest absolute Gasteiger partial charge is 0.509 e. The Morgan fingerprint density at radius 3 is 1.38 bits per heavy atom. The number of carbonyl (C=O) groups is 2. The average molecular weight is 679 g/mol. The highest BCUT2D eigenvalue weighted by Gasteiger charge is 2.33. The van der Waals surface area contributed by atoms with Crippen molar-refractivity contribution in [1.82, 2.24) is 10.6 Å². The van der Waals surface area contributed by atoms with E-state index in [4.69, 9.17) is 0 Å². The van der Waals surface area contributed by atoms with Crippen LogP contribution in [0, 0.1) is 11.8 Å². The molecule has 0 bridgehead atoms. The monoisotopic (exact) mass is 678 g/mol. The van der Waals surface area contributed by atoms with Gasteiger partial charge in [0.05, 0.1) is 6.10 Å². The summed E-state index contributed by atoms with van der Waals surface area (Å²) in [6.07, 6.45) is -0.00736. The smallest absolute Gasteiger partial charge is 0.224 e. The van der Waals surface area contributed by atoms with E-state index < -0.39 is 30.0 Å². The minimum Gasteiger partial charge on any atom is -0.509 e. The van der Waals surface area contributed by atoms with Crippen molar-refractivity contribution in [2.24, 2.45) is 11.8 Å². The average Bonchev–Trinajstić information content (AvgIpc) is 3.11. The van der Waals surface area contributed by atoms with Crippen molar-refractivity contribution in [2.45, 2.75) is 53.7 Å². The molecule has 5 N–H and O–H groups in total. The number of hydrogen-bond acceptors (Lipinski definition) is 7. The summed E-state index contributed by atoms with van der Waals surface area (Å²) >= 11 is 2.81. The molecule has 246 valence electrons. The highest BCUT2D eigenvalue weighted by molar-refractivity contribution is 8.02. The highest BCUT2D eigenvalue weighted by atomic mass is 32.2. The van der Waals surface area contributed by atoms with Crippen molar-refractivity contribution in [3.05, 3.63) is 154 Å². The normalized spacial score (nSPS) is 18.6. The quantitative estimate of drug-likeness (QED) is 0.105. The Morgan fingerprint density at radius 2 is 0.958 bits per heavy atom. The van der Waals surface area contributed by atoms with Crippen LogP contribution >= 0.6 is 23.5 Å². The number of amides is 2. The fourth-order valence-electron chi connectivity index (χ4n) is 6.30. The van der Waals surface area contributed by atoms with Crippen LogP contribution in [0.25, 0.3) is 0 Å². The van der Waals surface area contributed by atoms with E-state index in [1.165, 1.54) is 23.5 Å². The molecule has 9 heteroatoms. The molecule has 2 heterocycles. The Morgan fingerprint density at radius 1 is 0.583 bits per heavy atom. The third-order valence-corrected chi connectivity index (χ3v) is 10.7. The SMILES string of the molecule is O=C(NC1C(O)=CSc2ccccc21)[C@H](Cc1ccccc1)CC(O)C[C@@H](Cc1ccccc1)C(=O)NC1C(O)=CSc2ccccc21. The summed E-state index contributed by atoms with van der Waals surface area (Å²) in [7, 11) is 0. The first-order valence-electron chi connectivity index (χ1n) is 16.0. The zero-order chi connectivity index (χ0) is 33.5. The van der Waals surface area contributed by atoms with Crippen molar-refractivity contribution >= 4 is 35.3 Å². The topological polar surface area (TPSA) is 119 Å². The van der Waals surface area contributed by atoms with Gasteiger partial charge >= 0.3 is 0 Å². The van der Waals surface area contributed by atoms with Gasteiger partial charge in [0.2, 0.25) is 11.8 Å². The number of benzene rings is 4. The zero-order valence-electron chi connectivity index (χ0n) is 26.2. The van der Waals surface area contributed by atoms with Gasteiger partial charge in [-0.3, -0.25) is 9.59 Å². The Kier molecular flexibility index (Phi) is 10.9. The lowest BCUT2D eigenvalue weighted by Gasteiger charge is -2.29. The van der Waals surface area contributed by atoms with E-state index in [2.05, 4.69) is 10.6 Å². The Labute approximate surface area is 289 Å². The van der Waals surface area contributed by atoms with Crippen LogP contribution in [0.4, 0.5) is 0 Å². The fourth-order valence-corrected chi connectivity index (χ4v) is 8.02. The van der Waals surface area contributed by atoms with E-state index >= 15 is 0 Å². The van der Waals surface area contributed by atoms with Crippen LogP contribution in [0.15, 0.2) is 141 Å². The summed E-state index contributed by atoms with van der Waals surface area (Å²) in [5.41, 5.74) is 3.52. The molecule has 4 aromatic rings. The minimum atomic E-state index is -0.986. The van der Waals surface area contributed by atoms with Crippen LogP contribution in [0.1, 0.15) is 47.2 Å². The van der Waals surface area contributed by atoms with Crippen LogP contribution < -0.4 is 10.6 Å². The number of aliphatic hydroxyl groups is 3. The van der Waals surface area contributed by atoms with Gasteiger partial charge in [-0.25, -0.2) is 0 Å². The molecule has 0 saturated heterocycles. The maximum atomic E-state index is 14.0. The molecule has 0 fully saturated rings. The number of hydrogen-bond donors (Lipinski definition) is 5. The van der Waals surface area contributed by atoms with Gasteiger partial charge in [-0.2, -0.15) is 0 Å². The Balaban J connectivity index is 1.21. The third kappa shape index (κ3) is 8.16. The lowest BCUT2D eigenvalue weighted by atomic mass is 9.86. The summed E-state index contributed by atoms with van der Waals surface area (Å²) < 4.78 is 0. The molecule has 0 radical (unpaired) electrons.